The Morgan fingerprint density at radius 2 is 1.79 bits per heavy atom. The summed E-state index contributed by atoms with van der Waals surface area (Å²) in [4.78, 5) is 9.72. The molecule has 19 heavy (non-hydrogen) atoms. The molecule has 0 aliphatic rings. The van der Waals surface area contributed by atoms with Gasteiger partial charge in [-0.05, 0) is 12.5 Å². The number of hydrogen-bond acceptors (Lipinski definition) is 3. The summed E-state index contributed by atoms with van der Waals surface area (Å²) in [5, 5.41) is 10.6. The van der Waals surface area contributed by atoms with Crippen molar-refractivity contribution < 1.29 is 26.9 Å². The molecular formula is C10H9F5N2O2. The molecular weight excluding hydrogens is 275 g/mol. The molecule has 0 radical (unpaired) electrons. The third-order valence-electron chi connectivity index (χ3n) is 2.56. The second kappa shape index (κ2) is 4.72. The van der Waals surface area contributed by atoms with Crippen molar-refractivity contribution in [1.82, 2.24) is 0 Å². The summed E-state index contributed by atoms with van der Waals surface area (Å²) in [6.07, 6.45) is -5.83. The lowest BCUT2D eigenvalue weighted by Crippen LogP contribution is -2.45. The standard InChI is InChI=1S/C10H9F5N2O2/c1-5-2-3-6(4-7(5)17(18)19)8(16)9(11,12)10(13,14)15/h2-4,8H,16H2,1H3/t8-/m0/s1. The van der Waals surface area contributed by atoms with Gasteiger partial charge in [0.2, 0.25) is 0 Å². The number of alkyl halides is 5. The molecule has 1 rings (SSSR count). The molecule has 1 aromatic carbocycles. The van der Waals surface area contributed by atoms with Gasteiger partial charge in [-0.1, -0.05) is 12.1 Å². The molecule has 0 spiro atoms. The predicted octanol–water partition coefficient (Wildman–Crippen LogP) is 3.10. The molecule has 9 heteroatoms. The largest absolute Gasteiger partial charge is 0.455 e. The number of benzene rings is 1. The first-order chi connectivity index (χ1) is 8.48. The van der Waals surface area contributed by atoms with Gasteiger partial charge in [-0.15, -0.1) is 0 Å². The number of nitrogens with two attached hydrogens (primary N) is 1. The van der Waals surface area contributed by atoms with Crippen LogP contribution in [-0.4, -0.2) is 17.0 Å². The molecule has 1 aromatic rings. The van der Waals surface area contributed by atoms with E-state index in [1.807, 2.05) is 0 Å². The Bertz CT molecular complexity index is 501. The first-order valence-electron chi connectivity index (χ1n) is 4.93. The van der Waals surface area contributed by atoms with Gasteiger partial charge in [0, 0.05) is 11.6 Å². The fraction of sp³-hybridized carbons (Fsp3) is 0.400. The van der Waals surface area contributed by atoms with Crippen molar-refractivity contribution in [2.45, 2.75) is 25.1 Å². The zero-order chi connectivity index (χ0) is 15.0. The van der Waals surface area contributed by atoms with Crippen LogP contribution in [0.2, 0.25) is 0 Å². The molecule has 0 heterocycles. The topological polar surface area (TPSA) is 69.2 Å². The minimum absolute atomic E-state index is 0.135. The minimum atomic E-state index is -5.83. The highest BCUT2D eigenvalue weighted by Crippen LogP contribution is 2.43. The highest BCUT2D eigenvalue weighted by atomic mass is 19.4. The van der Waals surface area contributed by atoms with Gasteiger partial charge in [0.05, 0.1) is 4.92 Å². The SMILES string of the molecule is Cc1ccc([C@H](N)C(F)(F)C(F)(F)F)cc1[N+](=O)[O-]. The smallest absolute Gasteiger partial charge is 0.319 e. The van der Waals surface area contributed by atoms with Crippen LogP contribution in [0.15, 0.2) is 18.2 Å². The average Bonchev–Trinajstić information content (AvgIpc) is 2.26. The molecule has 0 bridgehead atoms. The van der Waals surface area contributed by atoms with Gasteiger partial charge in [-0.2, -0.15) is 22.0 Å². The number of hydrogen-bond donors (Lipinski definition) is 1. The van der Waals surface area contributed by atoms with E-state index in [1.54, 1.807) is 0 Å². The quantitative estimate of drug-likeness (QED) is 0.526. The van der Waals surface area contributed by atoms with Crippen molar-refractivity contribution in [3.63, 3.8) is 0 Å². The lowest BCUT2D eigenvalue weighted by Gasteiger charge is -2.25. The summed E-state index contributed by atoms with van der Waals surface area (Å²) in [5.74, 6) is -5.17. The van der Waals surface area contributed by atoms with Crippen LogP contribution in [0.1, 0.15) is 17.2 Å². The Hall–Kier alpha value is -1.77. The maximum Gasteiger partial charge on any atom is 0.455 e. The Morgan fingerprint density at radius 1 is 1.26 bits per heavy atom. The molecule has 2 N–H and O–H groups in total. The molecule has 0 amide bonds. The number of nitrogens with zero attached hydrogens (tertiary/aromatic N) is 1. The fourth-order valence-electron chi connectivity index (χ4n) is 1.40. The van der Waals surface area contributed by atoms with E-state index < -0.39 is 34.3 Å². The van der Waals surface area contributed by atoms with Crippen LogP contribution < -0.4 is 5.73 Å². The van der Waals surface area contributed by atoms with Gasteiger partial charge < -0.3 is 5.73 Å². The number of halogens is 5. The van der Waals surface area contributed by atoms with Gasteiger partial charge in [-0.25, -0.2) is 0 Å². The van der Waals surface area contributed by atoms with Crippen LogP contribution in [0.4, 0.5) is 27.6 Å². The van der Waals surface area contributed by atoms with E-state index in [0.29, 0.717) is 6.07 Å². The molecule has 4 nitrogen and oxygen atoms in total. The second-order valence-electron chi connectivity index (χ2n) is 3.90. The first kappa shape index (κ1) is 15.3. The molecule has 106 valence electrons. The first-order valence-corrected chi connectivity index (χ1v) is 4.93. The van der Waals surface area contributed by atoms with Gasteiger partial charge >= 0.3 is 12.1 Å². The average molecular weight is 284 g/mol. The summed E-state index contributed by atoms with van der Waals surface area (Å²) < 4.78 is 62.5. The van der Waals surface area contributed by atoms with E-state index in [1.165, 1.54) is 6.92 Å². The van der Waals surface area contributed by atoms with E-state index in [-0.39, 0.29) is 5.56 Å². The highest BCUT2D eigenvalue weighted by molar-refractivity contribution is 5.43. The third-order valence-corrected chi connectivity index (χ3v) is 2.56. The van der Waals surface area contributed by atoms with Crippen LogP contribution >= 0.6 is 0 Å². The maximum atomic E-state index is 13.0. The van der Waals surface area contributed by atoms with E-state index in [0.717, 1.165) is 12.1 Å². The van der Waals surface area contributed by atoms with Crippen LogP contribution in [0.3, 0.4) is 0 Å². The van der Waals surface area contributed by atoms with Crippen LogP contribution in [0.25, 0.3) is 0 Å². The van der Waals surface area contributed by atoms with Gasteiger partial charge in [0.15, 0.2) is 0 Å². The maximum absolute atomic E-state index is 13.0. The number of aryl methyl sites for hydroxylation is 1. The fourth-order valence-corrected chi connectivity index (χ4v) is 1.40. The molecule has 0 aliphatic heterocycles. The molecule has 0 aromatic heterocycles. The summed E-state index contributed by atoms with van der Waals surface area (Å²) >= 11 is 0. The van der Waals surface area contributed by atoms with Gasteiger partial charge in [-0.3, -0.25) is 10.1 Å². The van der Waals surface area contributed by atoms with E-state index >= 15 is 0 Å². The van der Waals surface area contributed by atoms with E-state index in [4.69, 9.17) is 5.73 Å². The Morgan fingerprint density at radius 3 is 2.21 bits per heavy atom. The highest BCUT2D eigenvalue weighted by Gasteiger charge is 2.61. The van der Waals surface area contributed by atoms with Crippen LogP contribution in [0.5, 0.6) is 0 Å². The zero-order valence-corrected chi connectivity index (χ0v) is 9.54. The Kier molecular flexibility index (Phi) is 3.80. The minimum Gasteiger partial charge on any atom is -0.319 e. The molecule has 1 atom stereocenters. The molecule has 0 fully saturated rings. The van der Waals surface area contributed by atoms with Crippen molar-refractivity contribution in [1.29, 1.82) is 0 Å². The summed E-state index contributed by atoms with van der Waals surface area (Å²) in [5.41, 5.74) is 3.80. The number of nitro benzene ring substituents is 1. The summed E-state index contributed by atoms with van der Waals surface area (Å²) in [6.45, 7) is 1.33. The third kappa shape index (κ3) is 2.80. The normalized spacial score (nSPS) is 14.3. The second-order valence-corrected chi connectivity index (χ2v) is 3.90. The predicted molar refractivity (Wildman–Crippen MR) is 55.8 cm³/mol. The van der Waals surface area contributed by atoms with Crippen molar-refractivity contribution >= 4 is 5.69 Å². The van der Waals surface area contributed by atoms with E-state index in [9.17, 15) is 32.1 Å². The van der Waals surface area contributed by atoms with Crippen LogP contribution in [-0.2, 0) is 0 Å². The Labute approximate surface area is 104 Å². The van der Waals surface area contributed by atoms with Crippen molar-refractivity contribution in [2.24, 2.45) is 5.73 Å². The molecule has 0 unspecified atom stereocenters. The van der Waals surface area contributed by atoms with Crippen molar-refractivity contribution in [3.05, 3.63) is 39.4 Å². The number of nitro groups is 1. The molecule has 0 saturated carbocycles. The molecule has 0 aliphatic carbocycles. The zero-order valence-electron chi connectivity index (χ0n) is 9.54. The lowest BCUT2D eigenvalue weighted by molar-refractivity contribution is -0.385. The molecule has 0 saturated heterocycles. The Balaban J connectivity index is 3.25. The van der Waals surface area contributed by atoms with Gasteiger partial charge in [0.1, 0.15) is 6.04 Å². The van der Waals surface area contributed by atoms with Crippen molar-refractivity contribution in [2.75, 3.05) is 0 Å². The van der Waals surface area contributed by atoms with Gasteiger partial charge in [0.25, 0.3) is 5.69 Å². The summed E-state index contributed by atoms with van der Waals surface area (Å²) in [6, 6.07) is -0.0988. The monoisotopic (exact) mass is 284 g/mol. The van der Waals surface area contributed by atoms with E-state index in [2.05, 4.69) is 0 Å². The summed E-state index contributed by atoms with van der Waals surface area (Å²) in [7, 11) is 0. The van der Waals surface area contributed by atoms with Crippen molar-refractivity contribution in [3.8, 4) is 0 Å². The number of rotatable bonds is 3. The lowest BCUT2D eigenvalue weighted by atomic mass is 9.99. The van der Waals surface area contributed by atoms with Crippen LogP contribution in [0, 0.1) is 17.0 Å².